The Hall–Kier alpha value is -0.330. The maximum absolute atomic E-state index is 14.3. The molecule has 1 aromatic carbocycles. The summed E-state index contributed by atoms with van der Waals surface area (Å²) >= 11 is 10.0. The summed E-state index contributed by atoms with van der Waals surface area (Å²) in [6.45, 7) is 0.782. The summed E-state index contributed by atoms with van der Waals surface area (Å²) in [6.07, 6.45) is 7.03. The zero-order valence-electron chi connectivity index (χ0n) is 11.3. The molecule has 0 heterocycles. The number of hydrogen-bond donors (Lipinski definition) is 2. The van der Waals surface area contributed by atoms with Gasteiger partial charge in [0.15, 0.2) is 5.82 Å². The molecule has 0 aliphatic heterocycles. The number of nitrogens with one attached hydrogen (secondary N) is 1. The Morgan fingerprint density at radius 1 is 1.50 bits per heavy atom. The molecule has 1 aliphatic rings. The first kappa shape index (κ1) is 16.0. The smallest absolute Gasteiger partial charge is 0.161 e. The summed E-state index contributed by atoms with van der Waals surface area (Å²) in [5.41, 5.74) is 6.59. The van der Waals surface area contributed by atoms with E-state index in [0.29, 0.717) is 15.7 Å². The summed E-state index contributed by atoms with van der Waals surface area (Å²) in [7, 11) is 0. The summed E-state index contributed by atoms with van der Waals surface area (Å²) in [5, 5.41) is 3.24. The van der Waals surface area contributed by atoms with Crippen molar-refractivity contribution in [3.8, 4) is 0 Å². The van der Waals surface area contributed by atoms with Crippen LogP contribution in [0.25, 0.3) is 0 Å². The maximum Gasteiger partial charge on any atom is 0.161 e. The molecule has 1 saturated carbocycles. The van der Waals surface area contributed by atoms with Gasteiger partial charge in [0.25, 0.3) is 0 Å². The number of nitrogens with two attached hydrogens (primary N) is 1. The Labute approximate surface area is 137 Å². The minimum absolute atomic E-state index is 0.193. The van der Waals surface area contributed by atoms with E-state index in [9.17, 15) is 4.39 Å². The lowest BCUT2D eigenvalue weighted by Gasteiger charge is -2.27. The second kappa shape index (κ2) is 6.62. The molecule has 2 nitrogen and oxygen atoms in total. The van der Waals surface area contributed by atoms with Crippen LogP contribution >= 0.6 is 39.9 Å². The van der Waals surface area contributed by atoms with Gasteiger partial charge in [-0.3, -0.25) is 0 Å². The second-order valence-corrected chi connectivity index (χ2v) is 7.61. The van der Waals surface area contributed by atoms with Crippen LogP contribution < -0.4 is 11.1 Å². The van der Waals surface area contributed by atoms with Crippen LogP contribution in [0, 0.1) is 5.82 Å². The van der Waals surface area contributed by atoms with Gasteiger partial charge in [0.2, 0.25) is 0 Å². The van der Waals surface area contributed by atoms with Gasteiger partial charge in [-0.2, -0.15) is 11.8 Å². The number of rotatable bonds is 5. The molecule has 6 heteroatoms. The molecule has 1 fully saturated rings. The molecule has 110 valence electrons. The first-order valence-corrected chi connectivity index (χ1v) is 8.98. The SMILES string of the molecule is CSC1(CNc2ccc(C(N)=S)c(Br)c2F)CCCC1. The Bertz CT molecular complexity index is 516. The summed E-state index contributed by atoms with van der Waals surface area (Å²) in [6, 6.07) is 3.45. The molecule has 0 bridgehead atoms. The third-order valence-electron chi connectivity index (χ3n) is 3.90. The highest BCUT2D eigenvalue weighted by molar-refractivity contribution is 9.10. The van der Waals surface area contributed by atoms with E-state index in [1.165, 1.54) is 25.7 Å². The van der Waals surface area contributed by atoms with E-state index < -0.39 is 0 Å². The van der Waals surface area contributed by atoms with Crippen molar-refractivity contribution in [3.05, 3.63) is 28.0 Å². The lowest BCUT2D eigenvalue weighted by atomic mass is 10.1. The van der Waals surface area contributed by atoms with Gasteiger partial charge in [0.1, 0.15) is 4.99 Å². The van der Waals surface area contributed by atoms with Crippen molar-refractivity contribution in [1.29, 1.82) is 0 Å². The highest BCUT2D eigenvalue weighted by atomic mass is 79.9. The van der Waals surface area contributed by atoms with Gasteiger partial charge in [0.05, 0.1) is 10.2 Å². The molecule has 0 saturated heterocycles. The van der Waals surface area contributed by atoms with Crippen molar-refractivity contribution in [2.24, 2.45) is 5.73 Å². The zero-order chi connectivity index (χ0) is 14.8. The Morgan fingerprint density at radius 3 is 2.70 bits per heavy atom. The predicted molar refractivity (Wildman–Crippen MR) is 93.2 cm³/mol. The van der Waals surface area contributed by atoms with Crippen LogP contribution in [0.15, 0.2) is 16.6 Å². The summed E-state index contributed by atoms with van der Waals surface area (Å²) in [5.74, 6) is -0.329. The van der Waals surface area contributed by atoms with E-state index in [1.807, 2.05) is 11.8 Å². The molecule has 0 amide bonds. The van der Waals surface area contributed by atoms with Crippen molar-refractivity contribution < 1.29 is 4.39 Å². The fourth-order valence-corrected chi connectivity index (χ4v) is 4.38. The van der Waals surface area contributed by atoms with Crippen LogP contribution in [-0.4, -0.2) is 22.5 Å². The normalized spacial score (nSPS) is 17.1. The molecule has 3 N–H and O–H groups in total. The van der Waals surface area contributed by atoms with Crippen LogP contribution in [-0.2, 0) is 0 Å². The predicted octanol–water partition coefficient (Wildman–Crippen LogP) is 4.31. The van der Waals surface area contributed by atoms with E-state index in [2.05, 4.69) is 27.5 Å². The highest BCUT2D eigenvalue weighted by Gasteiger charge is 2.32. The van der Waals surface area contributed by atoms with Crippen LogP contribution in [0.3, 0.4) is 0 Å². The first-order valence-electron chi connectivity index (χ1n) is 6.56. The monoisotopic (exact) mass is 376 g/mol. The molecule has 0 unspecified atom stereocenters. The number of benzene rings is 1. The van der Waals surface area contributed by atoms with Gasteiger partial charge in [0, 0.05) is 16.9 Å². The molecular formula is C14H18BrFN2S2. The average Bonchev–Trinajstić information content (AvgIpc) is 2.89. The topological polar surface area (TPSA) is 38.0 Å². The van der Waals surface area contributed by atoms with E-state index in [-0.39, 0.29) is 15.6 Å². The molecule has 0 radical (unpaired) electrons. The van der Waals surface area contributed by atoms with Gasteiger partial charge >= 0.3 is 0 Å². The minimum atomic E-state index is -0.329. The third-order valence-corrected chi connectivity index (χ3v) is 6.31. The van der Waals surface area contributed by atoms with E-state index in [0.717, 1.165) is 6.54 Å². The maximum atomic E-state index is 14.3. The van der Waals surface area contributed by atoms with Crippen molar-refractivity contribution in [2.45, 2.75) is 30.4 Å². The average molecular weight is 377 g/mol. The number of thiocarbonyl (C=S) groups is 1. The summed E-state index contributed by atoms with van der Waals surface area (Å²) < 4.78 is 14.9. The summed E-state index contributed by atoms with van der Waals surface area (Å²) in [4.78, 5) is 0.193. The lowest BCUT2D eigenvalue weighted by Crippen LogP contribution is -2.30. The van der Waals surface area contributed by atoms with Gasteiger partial charge in [-0.15, -0.1) is 0 Å². The van der Waals surface area contributed by atoms with Crippen LogP contribution in [0.4, 0.5) is 10.1 Å². The number of halogens is 2. The standard InChI is InChI=1S/C14H18BrFN2S2/c1-20-14(6-2-3-7-14)8-18-10-5-4-9(13(17)19)11(15)12(10)16/h4-5,18H,2-3,6-8H2,1H3,(H2,17,19). The van der Waals surface area contributed by atoms with E-state index in [1.54, 1.807) is 12.1 Å². The number of hydrogen-bond acceptors (Lipinski definition) is 3. The van der Waals surface area contributed by atoms with Crippen LogP contribution in [0.5, 0.6) is 0 Å². The molecule has 0 spiro atoms. The fraction of sp³-hybridized carbons (Fsp3) is 0.500. The fourth-order valence-electron chi connectivity index (χ4n) is 2.61. The van der Waals surface area contributed by atoms with Crippen molar-refractivity contribution >= 4 is 50.6 Å². The lowest BCUT2D eigenvalue weighted by molar-refractivity contribution is 0.611. The van der Waals surface area contributed by atoms with Crippen LogP contribution in [0.2, 0.25) is 0 Å². The van der Waals surface area contributed by atoms with Gasteiger partial charge in [-0.25, -0.2) is 4.39 Å². The number of thioether (sulfide) groups is 1. The van der Waals surface area contributed by atoms with E-state index >= 15 is 0 Å². The van der Waals surface area contributed by atoms with Gasteiger partial charge < -0.3 is 11.1 Å². The third kappa shape index (κ3) is 3.28. The first-order chi connectivity index (χ1) is 9.49. The molecular weight excluding hydrogens is 359 g/mol. The van der Waals surface area contributed by atoms with Gasteiger partial charge in [-0.05, 0) is 47.2 Å². The minimum Gasteiger partial charge on any atom is -0.389 e. The largest absolute Gasteiger partial charge is 0.389 e. The molecule has 1 aliphatic carbocycles. The molecule has 1 aromatic rings. The Kier molecular flexibility index (Phi) is 5.31. The molecule has 20 heavy (non-hydrogen) atoms. The van der Waals surface area contributed by atoms with Crippen molar-refractivity contribution in [2.75, 3.05) is 18.1 Å². The Balaban J connectivity index is 2.14. The molecule has 2 rings (SSSR count). The zero-order valence-corrected chi connectivity index (χ0v) is 14.6. The van der Waals surface area contributed by atoms with Crippen LogP contribution in [0.1, 0.15) is 31.2 Å². The quantitative estimate of drug-likeness (QED) is 0.750. The number of anilines is 1. The second-order valence-electron chi connectivity index (χ2n) is 5.10. The van der Waals surface area contributed by atoms with E-state index in [4.69, 9.17) is 18.0 Å². The van der Waals surface area contributed by atoms with Crippen molar-refractivity contribution in [1.82, 2.24) is 0 Å². The van der Waals surface area contributed by atoms with Crippen molar-refractivity contribution in [3.63, 3.8) is 0 Å². The molecule has 0 atom stereocenters. The Morgan fingerprint density at radius 2 is 2.15 bits per heavy atom. The molecule has 0 aromatic heterocycles. The highest BCUT2D eigenvalue weighted by Crippen LogP contribution is 2.40. The van der Waals surface area contributed by atoms with Gasteiger partial charge in [-0.1, -0.05) is 25.1 Å².